The minimum atomic E-state index is -1.21. The normalized spacial score (nSPS) is 19.5. The van der Waals surface area contributed by atoms with Crippen LogP contribution in [-0.4, -0.2) is 46.8 Å². The molecular weight excluding hydrogens is 490 g/mol. The number of aromatic carboxylic acids is 1. The highest BCUT2D eigenvalue weighted by Gasteiger charge is 2.31. The van der Waals surface area contributed by atoms with E-state index < -0.39 is 11.4 Å². The smallest absolute Gasteiger partial charge is 0.341 e. The number of benzene rings is 1. The number of rotatable bonds is 5. The molecule has 1 atom stereocenters. The second-order valence-electron chi connectivity index (χ2n) is 10.3. The van der Waals surface area contributed by atoms with E-state index >= 15 is 0 Å². The van der Waals surface area contributed by atoms with Gasteiger partial charge in [0.1, 0.15) is 5.56 Å². The van der Waals surface area contributed by atoms with Crippen molar-refractivity contribution in [3.8, 4) is 16.2 Å². The average molecular weight is 522 g/mol. The van der Waals surface area contributed by atoms with E-state index in [9.17, 15) is 19.5 Å². The summed E-state index contributed by atoms with van der Waals surface area (Å²) in [6.07, 6.45) is 9.57. The van der Waals surface area contributed by atoms with Crippen molar-refractivity contribution in [2.75, 3.05) is 20.2 Å². The third kappa shape index (κ3) is 4.29. The van der Waals surface area contributed by atoms with Crippen LogP contribution in [0.25, 0.3) is 21.3 Å². The molecule has 2 fully saturated rings. The monoisotopic (exact) mass is 521 g/mol. The number of hydrogen-bond donors (Lipinski definition) is 2. The van der Waals surface area contributed by atoms with Gasteiger partial charge in [-0.15, -0.1) is 11.3 Å². The molecule has 3 heterocycles. The number of hydrogen-bond acceptors (Lipinski definition) is 5. The number of amides is 2. The molecular formula is C28H31N3O5S. The van der Waals surface area contributed by atoms with Gasteiger partial charge in [0.2, 0.25) is 5.43 Å². The number of ether oxygens (including phenoxy) is 1. The molecule has 6 rings (SSSR count). The van der Waals surface area contributed by atoms with Crippen LogP contribution in [0.1, 0.15) is 77.8 Å². The fourth-order valence-electron chi connectivity index (χ4n) is 5.79. The van der Waals surface area contributed by atoms with Crippen LogP contribution in [0.5, 0.6) is 5.75 Å². The summed E-state index contributed by atoms with van der Waals surface area (Å²) in [5, 5.41) is 13.2. The van der Waals surface area contributed by atoms with Gasteiger partial charge in [0, 0.05) is 40.6 Å². The zero-order chi connectivity index (χ0) is 25.7. The number of thiophene rings is 1. The van der Waals surface area contributed by atoms with Crippen LogP contribution in [0, 0.1) is 0 Å². The highest BCUT2D eigenvalue weighted by atomic mass is 32.1. The number of methoxy groups -OCH3 is 1. The van der Waals surface area contributed by atoms with E-state index in [1.807, 2.05) is 15.5 Å². The van der Waals surface area contributed by atoms with E-state index in [0.717, 1.165) is 68.5 Å². The maximum Gasteiger partial charge on any atom is 0.341 e. The number of carbonyl (C=O) groups excluding carboxylic acids is 1. The SMILES string of the molecule is COc1c(-c2cc3c(s2)CCCC3NC(=O)N2CCCCC2)ccc2c(=O)c(C(=O)O)cn(C3CC3)c12. The lowest BCUT2D eigenvalue weighted by atomic mass is 9.93. The van der Waals surface area contributed by atoms with Gasteiger partial charge in [-0.2, -0.15) is 0 Å². The first-order valence-electron chi connectivity index (χ1n) is 13.1. The van der Waals surface area contributed by atoms with Crippen LogP contribution in [0.4, 0.5) is 4.79 Å². The van der Waals surface area contributed by atoms with Crippen LogP contribution < -0.4 is 15.5 Å². The molecule has 3 aromatic rings. The Morgan fingerprint density at radius 3 is 2.59 bits per heavy atom. The Morgan fingerprint density at radius 2 is 1.89 bits per heavy atom. The average Bonchev–Trinajstić information content (AvgIpc) is 3.66. The van der Waals surface area contributed by atoms with Crippen molar-refractivity contribution in [3.05, 3.63) is 50.6 Å². The zero-order valence-electron chi connectivity index (χ0n) is 20.9. The van der Waals surface area contributed by atoms with E-state index in [4.69, 9.17) is 4.74 Å². The number of likely N-dealkylation sites (tertiary alicyclic amines) is 1. The minimum Gasteiger partial charge on any atom is -0.494 e. The summed E-state index contributed by atoms with van der Waals surface area (Å²) in [6.45, 7) is 1.64. The molecule has 37 heavy (non-hydrogen) atoms. The number of carbonyl (C=O) groups is 2. The van der Waals surface area contributed by atoms with Crippen LogP contribution in [0.2, 0.25) is 0 Å². The molecule has 1 unspecified atom stereocenters. The van der Waals surface area contributed by atoms with Crippen molar-refractivity contribution in [1.82, 2.24) is 14.8 Å². The summed E-state index contributed by atoms with van der Waals surface area (Å²) in [5.41, 5.74) is 1.99. The van der Waals surface area contributed by atoms with Crippen molar-refractivity contribution in [2.24, 2.45) is 0 Å². The lowest BCUT2D eigenvalue weighted by Gasteiger charge is -2.30. The summed E-state index contributed by atoms with van der Waals surface area (Å²) < 4.78 is 7.83. The second kappa shape index (κ2) is 9.52. The number of aromatic nitrogens is 1. The van der Waals surface area contributed by atoms with E-state index in [-0.39, 0.29) is 23.7 Å². The van der Waals surface area contributed by atoms with Crippen LogP contribution in [0.3, 0.4) is 0 Å². The number of fused-ring (bicyclic) bond motifs is 2. The molecule has 9 heteroatoms. The third-order valence-electron chi connectivity index (χ3n) is 7.84. The molecule has 2 aromatic heterocycles. The lowest BCUT2D eigenvalue weighted by molar-refractivity contribution is 0.0694. The molecule has 2 N–H and O–H groups in total. The Kier molecular flexibility index (Phi) is 6.18. The number of urea groups is 1. The molecule has 8 nitrogen and oxygen atoms in total. The van der Waals surface area contributed by atoms with Crippen LogP contribution in [0.15, 0.2) is 29.2 Å². The number of aryl methyl sites for hydroxylation is 1. The molecule has 0 bridgehead atoms. The van der Waals surface area contributed by atoms with Gasteiger partial charge in [0.15, 0.2) is 5.75 Å². The number of nitrogens with one attached hydrogen (secondary N) is 1. The van der Waals surface area contributed by atoms with Crippen LogP contribution in [-0.2, 0) is 6.42 Å². The number of nitrogens with zero attached hydrogens (tertiary/aromatic N) is 2. The van der Waals surface area contributed by atoms with E-state index in [0.29, 0.717) is 16.7 Å². The van der Waals surface area contributed by atoms with Gasteiger partial charge < -0.3 is 24.6 Å². The highest BCUT2D eigenvalue weighted by molar-refractivity contribution is 7.15. The Labute approximate surface area is 218 Å². The summed E-state index contributed by atoms with van der Waals surface area (Å²) in [4.78, 5) is 41.9. The molecule has 2 aliphatic carbocycles. The third-order valence-corrected chi connectivity index (χ3v) is 9.09. The molecule has 0 spiro atoms. The first-order chi connectivity index (χ1) is 18.0. The Balaban J connectivity index is 1.41. The van der Waals surface area contributed by atoms with Gasteiger partial charge >= 0.3 is 12.0 Å². The summed E-state index contributed by atoms with van der Waals surface area (Å²) in [5.74, 6) is -0.626. The minimum absolute atomic E-state index is 0.0163. The van der Waals surface area contributed by atoms with Crippen molar-refractivity contribution in [1.29, 1.82) is 0 Å². The molecule has 194 valence electrons. The first kappa shape index (κ1) is 24.0. The maximum atomic E-state index is 13.0. The van der Waals surface area contributed by atoms with E-state index in [2.05, 4.69) is 11.4 Å². The van der Waals surface area contributed by atoms with Gasteiger partial charge in [-0.25, -0.2) is 9.59 Å². The van der Waals surface area contributed by atoms with Crippen LogP contribution >= 0.6 is 11.3 Å². The summed E-state index contributed by atoms with van der Waals surface area (Å²) in [7, 11) is 1.60. The highest BCUT2D eigenvalue weighted by Crippen LogP contribution is 2.46. The fraction of sp³-hybridized carbons (Fsp3) is 0.464. The second-order valence-corrected chi connectivity index (χ2v) is 11.4. The maximum absolute atomic E-state index is 13.0. The van der Waals surface area contributed by atoms with Crippen molar-refractivity contribution < 1.29 is 19.4 Å². The molecule has 0 radical (unpaired) electrons. The Morgan fingerprint density at radius 1 is 1.11 bits per heavy atom. The first-order valence-corrected chi connectivity index (χ1v) is 14.0. The van der Waals surface area contributed by atoms with Gasteiger partial charge in [-0.05, 0) is 75.1 Å². The zero-order valence-corrected chi connectivity index (χ0v) is 21.7. The number of pyridine rings is 1. The summed E-state index contributed by atoms with van der Waals surface area (Å²) >= 11 is 1.71. The molecule has 1 aliphatic heterocycles. The Hall–Kier alpha value is -3.33. The number of piperidine rings is 1. The largest absolute Gasteiger partial charge is 0.494 e. The van der Waals surface area contributed by atoms with Crippen molar-refractivity contribution in [3.63, 3.8) is 0 Å². The Bertz CT molecular complexity index is 1450. The molecule has 1 saturated heterocycles. The quantitative estimate of drug-likeness (QED) is 0.472. The lowest BCUT2D eigenvalue weighted by Crippen LogP contribution is -2.44. The van der Waals surface area contributed by atoms with E-state index in [1.54, 1.807) is 24.5 Å². The topological polar surface area (TPSA) is 101 Å². The molecule has 1 saturated carbocycles. The predicted molar refractivity (Wildman–Crippen MR) is 143 cm³/mol. The number of carboxylic acids is 1. The van der Waals surface area contributed by atoms with Crippen molar-refractivity contribution in [2.45, 2.75) is 63.5 Å². The van der Waals surface area contributed by atoms with Gasteiger partial charge in [-0.1, -0.05) is 0 Å². The van der Waals surface area contributed by atoms with Gasteiger partial charge in [-0.3, -0.25) is 4.79 Å². The predicted octanol–water partition coefficient (Wildman–Crippen LogP) is 5.34. The molecule has 3 aliphatic rings. The molecule has 1 aromatic carbocycles. The van der Waals surface area contributed by atoms with E-state index in [1.165, 1.54) is 23.1 Å². The fourth-order valence-corrected chi connectivity index (χ4v) is 7.07. The summed E-state index contributed by atoms with van der Waals surface area (Å²) in [6, 6.07) is 5.93. The molecule has 2 amide bonds. The number of carboxylic acid groups (broad SMARTS) is 1. The van der Waals surface area contributed by atoms with Gasteiger partial charge in [0.25, 0.3) is 0 Å². The standard InChI is InChI=1S/C28H31N3O5S/c1-36-26-17(10-11-18-24(26)31(16-8-9-16)15-20(25(18)32)27(33)34)23-14-19-21(6-5-7-22(19)37-23)29-28(35)30-12-3-2-4-13-30/h10-11,14-16,21H,2-9,12-13H2,1H3,(H,29,35)(H,33,34). The van der Waals surface area contributed by atoms with Crippen molar-refractivity contribution >= 4 is 34.2 Å². The van der Waals surface area contributed by atoms with Gasteiger partial charge in [0.05, 0.1) is 24.1 Å².